The maximum atomic E-state index is 9.22. The third-order valence-corrected chi connectivity index (χ3v) is 5.01. The van der Waals surface area contributed by atoms with Gasteiger partial charge in [0.25, 0.3) is 0 Å². The molecule has 1 heterocycles. The molecule has 1 aliphatic heterocycles. The maximum Gasteiger partial charge on any atom is 0.162 e. The minimum Gasteiger partial charge on any atom is -0.493 e. The number of nitriles is 1. The fourth-order valence-electron chi connectivity index (χ4n) is 3.87. The van der Waals surface area contributed by atoms with Crippen LogP contribution in [0, 0.1) is 17.2 Å². The normalized spacial score (nSPS) is 19.7. The smallest absolute Gasteiger partial charge is 0.162 e. The lowest BCUT2D eigenvalue weighted by Gasteiger charge is -2.44. The van der Waals surface area contributed by atoms with Crippen LogP contribution in [0.1, 0.15) is 32.6 Å². The van der Waals surface area contributed by atoms with Gasteiger partial charge in [-0.2, -0.15) is 5.26 Å². The lowest BCUT2D eigenvalue weighted by atomic mass is 9.92. The molecule has 0 bridgehead atoms. The van der Waals surface area contributed by atoms with E-state index < -0.39 is 0 Å². The van der Waals surface area contributed by atoms with Gasteiger partial charge in [-0.15, -0.1) is 0 Å². The lowest BCUT2D eigenvalue weighted by molar-refractivity contribution is 0.354. The Labute approximate surface area is 138 Å². The molecule has 0 radical (unpaired) electrons. The van der Waals surface area contributed by atoms with E-state index in [4.69, 9.17) is 9.47 Å². The van der Waals surface area contributed by atoms with Crippen LogP contribution in [0.15, 0.2) is 12.1 Å². The largest absolute Gasteiger partial charge is 0.493 e. The summed E-state index contributed by atoms with van der Waals surface area (Å²) in [5, 5.41) is 13.0. The first-order chi connectivity index (χ1) is 11.1. The number of anilines is 2. The summed E-state index contributed by atoms with van der Waals surface area (Å²) in [5.41, 5.74) is 2.31. The molecule has 124 valence electrons. The highest BCUT2D eigenvalue weighted by atomic mass is 16.5. The average molecular weight is 315 g/mol. The van der Waals surface area contributed by atoms with Crippen molar-refractivity contribution in [1.82, 2.24) is 0 Å². The minimum absolute atomic E-state index is 0.00694. The zero-order chi connectivity index (χ0) is 16.4. The molecule has 1 unspecified atom stereocenters. The molecular formula is C18H25N3O2. The van der Waals surface area contributed by atoms with Gasteiger partial charge in [-0.25, -0.2) is 0 Å². The molecule has 1 aromatic carbocycles. The molecule has 5 nitrogen and oxygen atoms in total. The minimum atomic E-state index is -0.00694. The highest BCUT2D eigenvalue weighted by Crippen LogP contribution is 2.46. The molecule has 1 fully saturated rings. The van der Waals surface area contributed by atoms with E-state index in [1.165, 1.54) is 25.7 Å². The second-order valence-corrected chi connectivity index (χ2v) is 6.75. The molecule has 0 amide bonds. The zero-order valence-electron chi connectivity index (χ0n) is 14.2. The van der Waals surface area contributed by atoms with Gasteiger partial charge in [0.2, 0.25) is 0 Å². The average Bonchev–Trinajstić information content (AvgIpc) is 3.01. The van der Waals surface area contributed by atoms with E-state index in [9.17, 15) is 5.26 Å². The Morgan fingerprint density at radius 2 is 1.91 bits per heavy atom. The third kappa shape index (κ3) is 2.90. The summed E-state index contributed by atoms with van der Waals surface area (Å²) in [6.45, 7) is 3.66. The van der Waals surface area contributed by atoms with Crippen LogP contribution in [0.2, 0.25) is 0 Å². The molecule has 0 aromatic heterocycles. The molecule has 1 saturated carbocycles. The first kappa shape index (κ1) is 15.8. The summed E-state index contributed by atoms with van der Waals surface area (Å²) in [5.74, 6) is 1.46. The highest BCUT2D eigenvalue weighted by molar-refractivity contribution is 5.78. The standard InChI is InChI=1S/C18H25N3O2/c1-13(10-19)11-21-12-18(6-4-5-7-18)20-14-8-16(22-2)17(23-3)9-15(14)21/h8-9,13,20H,4-7,11-12H2,1-3H3. The zero-order valence-corrected chi connectivity index (χ0v) is 14.2. The molecule has 3 rings (SSSR count). The number of methoxy groups -OCH3 is 2. The summed E-state index contributed by atoms with van der Waals surface area (Å²) in [4.78, 5) is 2.34. The first-order valence-corrected chi connectivity index (χ1v) is 8.29. The Balaban J connectivity index is 2.02. The molecule has 1 aliphatic carbocycles. The van der Waals surface area contributed by atoms with Crippen LogP contribution >= 0.6 is 0 Å². The third-order valence-electron chi connectivity index (χ3n) is 5.01. The Kier molecular flexibility index (Phi) is 4.25. The van der Waals surface area contributed by atoms with Crippen molar-refractivity contribution in [2.75, 3.05) is 37.5 Å². The van der Waals surface area contributed by atoms with Gasteiger partial charge in [0.1, 0.15) is 0 Å². The summed E-state index contributed by atoms with van der Waals surface area (Å²) in [7, 11) is 3.31. The van der Waals surface area contributed by atoms with Crippen molar-refractivity contribution in [3.8, 4) is 17.6 Å². The molecule has 23 heavy (non-hydrogen) atoms. The Hall–Kier alpha value is -2.09. The van der Waals surface area contributed by atoms with Crippen LogP contribution in [0.3, 0.4) is 0 Å². The topological polar surface area (TPSA) is 57.5 Å². The molecule has 2 aliphatic rings. The Morgan fingerprint density at radius 3 is 2.52 bits per heavy atom. The van der Waals surface area contributed by atoms with Gasteiger partial charge in [-0.1, -0.05) is 12.8 Å². The predicted octanol–water partition coefficient (Wildman–Crippen LogP) is 3.41. The molecule has 1 atom stereocenters. The van der Waals surface area contributed by atoms with Gasteiger partial charge in [-0.05, 0) is 19.8 Å². The van der Waals surface area contributed by atoms with Crippen LogP contribution in [0.25, 0.3) is 0 Å². The van der Waals surface area contributed by atoms with E-state index >= 15 is 0 Å². The molecule has 1 N–H and O–H groups in total. The van der Waals surface area contributed by atoms with Gasteiger partial charge < -0.3 is 19.7 Å². The number of hydrogen-bond acceptors (Lipinski definition) is 5. The van der Waals surface area contributed by atoms with Crippen LogP contribution in [-0.2, 0) is 0 Å². The van der Waals surface area contributed by atoms with Gasteiger partial charge in [0.05, 0.1) is 43.1 Å². The number of rotatable bonds is 4. The van der Waals surface area contributed by atoms with Crippen molar-refractivity contribution in [3.05, 3.63) is 12.1 Å². The molecule has 5 heteroatoms. The summed E-state index contributed by atoms with van der Waals surface area (Å²) >= 11 is 0. The second-order valence-electron chi connectivity index (χ2n) is 6.75. The number of benzene rings is 1. The summed E-state index contributed by atoms with van der Waals surface area (Å²) < 4.78 is 10.9. The number of fused-ring (bicyclic) bond motifs is 1. The summed E-state index contributed by atoms with van der Waals surface area (Å²) in [6.07, 6.45) is 4.88. The monoisotopic (exact) mass is 315 g/mol. The molecule has 0 saturated heterocycles. The summed E-state index contributed by atoms with van der Waals surface area (Å²) in [6, 6.07) is 6.40. The maximum absolute atomic E-state index is 9.22. The highest BCUT2D eigenvalue weighted by Gasteiger charge is 2.40. The van der Waals surface area contributed by atoms with Gasteiger partial charge in [0, 0.05) is 25.2 Å². The van der Waals surface area contributed by atoms with Gasteiger partial charge >= 0.3 is 0 Å². The van der Waals surface area contributed by atoms with E-state index in [1.54, 1.807) is 14.2 Å². The van der Waals surface area contributed by atoms with Crippen LogP contribution in [0.5, 0.6) is 11.5 Å². The van der Waals surface area contributed by atoms with E-state index in [2.05, 4.69) is 16.3 Å². The predicted molar refractivity (Wildman–Crippen MR) is 91.4 cm³/mol. The number of nitrogens with zero attached hydrogens (tertiary/aromatic N) is 2. The van der Waals surface area contributed by atoms with E-state index in [-0.39, 0.29) is 11.5 Å². The lowest BCUT2D eigenvalue weighted by Crippen LogP contribution is -2.51. The van der Waals surface area contributed by atoms with Crippen molar-refractivity contribution < 1.29 is 9.47 Å². The second kappa shape index (κ2) is 6.19. The van der Waals surface area contributed by atoms with Crippen LogP contribution in [-0.4, -0.2) is 32.8 Å². The molecule has 1 aromatic rings. The fourth-order valence-corrected chi connectivity index (χ4v) is 3.87. The van der Waals surface area contributed by atoms with Crippen molar-refractivity contribution in [1.29, 1.82) is 5.26 Å². The van der Waals surface area contributed by atoms with Crippen molar-refractivity contribution in [3.63, 3.8) is 0 Å². The van der Waals surface area contributed by atoms with Gasteiger partial charge in [-0.3, -0.25) is 0 Å². The SMILES string of the molecule is COc1cc2c(cc1OC)N(CC(C)C#N)CC1(CCCC1)N2. The number of nitrogens with one attached hydrogen (secondary N) is 1. The quantitative estimate of drug-likeness (QED) is 0.922. The van der Waals surface area contributed by atoms with Crippen LogP contribution in [0.4, 0.5) is 11.4 Å². The Bertz CT molecular complexity index is 617. The van der Waals surface area contributed by atoms with E-state index in [0.29, 0.717) is 0 Å². The molecular weight excluding hydrogens is 290 g/mol. The number of ether oxygens (including phenoxy) is 2. The molecule has 1 spiro atoms. The van der Waals surface area contributed by atoms with E-state index in [1.807, 2.05) is 19.1 Å². The van der Waals surface area contributed by atoms with Gasteiger partial charge in [0.15, 0.2) is 11.5 Å². The first-order valence-electron chi connectivity index (χ1n) is 8.29. The van der Waals surface area contributed by atoms with Crippen molar-refractivity contribution >= 4 is 11.4 Å². The van der Waals surface area contributed by atoms with E-state index in [0.717, 1.165) is 36.0 Å². The Morgan fingerprint density at radius 1 is 1.26 bits per heavy atom. The van der Waals surface area contributed by atoms with Crippen LogP contribution < -0.4 is 19.7 Å². The van der Waals surface area contributed by atoms with Crippen molar-refractivity contribution in [2.24, 2.45) is 5.92 Å². The number of hydrogen-bond donors (Lipinski definition) is 1. The fraction of sp³-hybridized carbons (Fsp3) is 0.611. The van der Waals surface area contributed by atoms with Crippen molar-refractivity contribution in [2.45, 2.75) is 38.1 Å².